The van der Waals surface area contributed by atoms with Crippen LogP contribution in [-0.4, -0.2) is 27.1 Å². The number of carbonyl (C=O) groups excluding carboxylic acids is 1. The van der Waals surface area contributed by atoms with E-state index in [-0.39, 0.29) is 12.5 Å². The summed E-state index contributed by atoms with van der Waals surface area (Å²) in [6.45, 7) is 0.807. The van der Waals surface area contributed by atoms with Crippen LogP contribution in [0.3, 0.4) is 0 Å². The normalized spacial score (nSPS) is 12.4. The van der Waals surface area contributed by atoms with Gasteiger partial charge in [0.15, 0.2) is 0 Å². The number of nitrogens with zero attached hydrogens (tertiary/aromatic N) is 2. The van der Waals surface area contributed by atoms with E-state index in [1.54, 1.807) is 6.33 Å². The van der Waals surface area contributed by atoms with Crippen molar-refractivity contribution >= 4 is 28.3 Å². The van der Waals surface area contributed by atoms with E-state index < -0.39 is 6.10 Å². The predicted octanol–water partition coefficient (Wildman–Crippen LogP) is 2.34. The van der Waals surface area contributed by atoms with Gasteiger partial charge in [0.2, 0.25) is 5.91 Å². The number of amides is 1. The lowest BCUT2D eigenvalue weighted by Crippen LogP contribution is -2.28. The average molecular weight is 315 g/mol. The number of carbonyl (C=O) groups is 1. The molecule has 1 aromatic carbocycles. The number of aliphatic hydroxyl groups excluding tert-OH is 1. The van der Waals surface area contributed by atoms with Gasteiger partial charge in [0, 0.05) is 19.5 Å². The van der Waals surface area contributed by atoms with Gasteiger partial charge in [-0.3, -0.25) is 4.79 Å². The quantitative estimate of drug-likeness (QED) is 0.734. The van der Waals surface area contributed by atoms with Gasteiger partial charge in [-0.1, -0.05) is 12.1 Å². The topological polar surface area (TPSA) is 67.2 Å². The van der Waals surface area contributed by atoms with Gasteiger partial charge in [-0.2, -0.15) is 11.3 Å². The number of hydrogen-bond acceptors (Lipinski definition) is 4. The highest BCUT2D eigenvalue weighted by atomic mass is 32.1. The number of nitrogens with one attached hydrogen (secondary N) is 1. The molecule has 3 rings (SSSR count). The minimum Gasteiger partial charge on any atom is -0.387 e. The molecule has 22 heavy (non-hydrogen) atoms. The molecule has 1 amide bonds. The lowest BCUT2D eigenvalue weighted by molar-refractivity contribution is -0.121. The van der Waals surface area contributed by atoms with E-state index in [4.69, 9.17) is 0 Å². The van der Waals surface area contributed by atoms with E-state index in [9.17, 15) is 9.90 Å². The van der Waals surface area contributed by atoms with Crippen LogP contribution in [0.1, 0.15) is 18.1 Å². The highest BCUT2D eigenvalue weighted by Gasteiger charge is 2.10. The molecule has 5 nitrogen and oxygen atoms in total. The smallest absolute Gasteiger partial charge is 0.221 e. The zero-order valence-electron chi connectivity index (χ0n) is 12.0. The van der Waals surface area contributed by atoms with Crippen molar-refractivity contribution in [3.63, 3.8) is 0 Å². The molecule has 0 saturated heterocycles. The molecule has 0 bridgehead atoms. The number of imidazole rings is 1. The number of hydrogen-bond donors (Lipinski definition) is 2. The zero-order valence-corrected chi connectivity index (χ0v) is 12.8. The molecule has 0 fully saturated rings. The van der Waals surface area contributed by atoms with E-state index in [1.807, 2.05) is 45.7 Å². The summed E-state index contributed by atoms with van der Waals surface area (Å²) >= 11 is 1.53. The molecule has 0 aliphatic carbocycles. The van der Waals surface area contributed by atoms with Gasteiger partial charge in [0.1, 0.15) is 0 Å². The van der Waals surface area contributed by atoms with Gasteiger partial charge in [-0.25, -0.2) is 4.98 Å². The average Bonchev–Trinajstić information content (AvgIpc) is 3.20. The fourth-order valence-electron chi connectivity index (χ4n) is 2.29. The number of rotatable bonds is 6. The third kappa shape index (κ3) is 3.35. The number of benzene rings is 1. The van der Waals surface area contributed by atoms with Crippen LogP contribution in [0, 0.1) is 0 Å². The van der Waals surface area contributed by atoms with Gasteiger partial charge < -0.3 is 15.0 Å². The molecule has 1 atom stereocenters. The van der Waals surface area contributed by atoms with Gasteiger partial charge in [-0.05, 0) is 34.5 Å². The van der Waals surface area contributed by atoms with Crippen LogP contribution in [0.5, 0.6) is 0 Å². The number of thiophene rings is 1. The van der Waals surface area contributed by atoms with Gasteiger partial charge >= 0.3 is 0 Å². The second-order valence-electron chi connectivity index (χ2n) is 5.05. The lowest BCUT2D eigenvalue weighted by Gasteiger charge is -2.11. The molecule has 2 N–H and O–H groups in total. The first-order valence-corrected chi connectivity index (χ1v) is 8.05. The Kier molecular flexibility index (Phi) is 4.50. The van der Waals surface area contributed by atoms with Crippen molar-refractivity contribution in [2.75, 3.05) is 6.54 Å². The number of aromatic nitrogens is 2. The van der Waals surface area contributed by atoms with Crippen LogP contribution in [0.15, 0.2) is 47.4 Å². The van der Waals surface area contributed by atoms with Gasteiger partial charge in [0.05, 0.1) is 23.5 Å². The molecule has 0 saturated carbocycles. The van der Waals surface area contributed by atoms with Crippen molar-refractivity contribution in [3.8, 4) is 0 Å². The molecule has 0 spiro atoms. The van der Waals surface area contributed by atoms with Crippen LogP contribution in [-0.2, 0) is 11.3 Å². The van der Waals surface area contributed by atoms with Gasteiger partial charge in [0.25, 0.3) is 0 Å². The minimum atomic E-state index is -0.649. The Labute approximate surface area is 132 Å². The maximum absolute atomic E-state index is 11.9. The van der Waals surface area contributed by atoms with E-state index in [1.165, 1.54) is 11.3 Å². The van der Waals surface area contributed by atoms with Crippen LogP contribution < -0.4 is 5.32 Å². The Morgan fingerprint density at radius 1 is 1.36 bits per heavy atom. The summed E-state index contributed by atoms with van der Waals surface area (Å²) < 4.78 is 1.96. The third-order valence-electron chi connectivity index (χ3n) is 3.53. The summed E-state index contributed by atoms with van der Waals surface area (Å²) in [6.07, 6.45) is 1.46. The Morgan fingerprint density at radius 3 is 3.05 bits per heavy atom. The highest BCUT2D eigenvalue weighted by Crippen LogP contribution is 2.15. The molecule has 0 aliphatic heterocycles. The summed E-state index contributed by atoms with van der Waals surface area (Å²) in [5, 5.41) is 16.5. The van der Waals surface area contributed by atoms with Crippen LogP contribution in [0.4, 0.5) is 0 Å². The molecule has 6 heteroatoms. The number of para-hydroxylation sites is 2. The highest BCUT2D eigenvalue weighted by molar-refractivity contribution is 7.07. The Bertz CT molecular complexity index is 752. The van der Waals surface area contributed by atoms with Crippen molar-refractivity contribution in [2.24, 2.45) is 0 Å². The van der Waals surface area contributed by atoms with Crippen LogP contribution in [0.25, 0.3) is 11.0 Å². The van der Waals surface area contributed by atoms with Crippen molar-refractivity contribution in [2.45, 2.75) is 19.1 Å². The Morgan fingerprint density at radius 2 is 2.23 bits per heavy atom. The number of fused-ring (bicyclic) bond motifs is 1. The van der Waals surface area contributed by atoms with E-state index in [0.29, 0.717) is 13.0 Å². The Balaban J connectivity index is 1.50. The minimum absolute atomic E-state index is 0.0768. The Hall–Kier alpha value is -2.18. The molecule has 2 aromatic heterocycles. The fourth-order valence-corrected chi connectivity index (χ4v) is 3.00. The monoisotopic (exact) mass is 315 g/mol. The van der Waals surface area contributed by atoms with Gasteiger partial charge in [-0.15, -0.1) is 0 Å². The SMILES string of the molecule is O=C(CCn1cnc2ccccc21)NCC(O)c1ccsc1. The molecular weight excluding hydrogens is 298 g/mol. The first kappa shape index (κ1) is 14.7. The molecule has 0 radical (unpaired) electrons. The molecule has 0 aliphatic rings. The van der Waals surface area contributed by atoms with E-state index in [2.05, 4.69) is 10.3 Å². The molecule has 2 heterocycles. The van der Waals surface area contributed by atoms with Crippen LogP contribution in [0.2, 0.25) is 0 Å². The van der Waals surface area contributed by atoms with Crippen molar-refractivity contribution < 1.29 is 9.90 Å². The molecule has 3 aromatic rings. The number of aryl methyl sites for hydroxylation is 1. The predicted molar refractivity (Wildman–Crippen MR) is 86.6 cm³/mol. The summed E-state index contributed by atoms with van der Waals surface area (Å²) in [4.78, 5) is 16.2. The van der Waals surface area contributed by atoms with E-state index >= 15 is 0 Å². The summed E-state index contributed by atoms with van der Waals surface area (Å²) in [6, 6.07) is 9.69. The third-order valence-corrected chi connectivity index (χ3v) is 4.23. The molecular formula is C16H17N3O2S. The second-order valence-corrected chi connectivity index (χ2v) is 5.83. The zero-order chi connectivity index (χ0) is 15.4. The fraction of sp³-hybridized carbons (Fsp3) is 0.250. The molecule has 1 unspecified atom stereocenters. The first-order valence-electron chi connectivity index (χ1n) is 7.11. The molecule has 114 valence electrons. The second kappa shape index (κ2) is 6.72. The largest absolute Gasteiger partial charge is 0.387 e. The maximum atomic E-state index is 11.9. The summed E-state index contributed by atoms with van der Waals surface area (Å²) in [5.41, 5.74) is 2.79. The summed E-state index contributed by atoms with van der Waals surface area (Å²) in [7, 11) is 0. The summed E-state index contributed by atoms with van der Waals surface area (Å²) in [5.74, 6) is -0.0768. The maximum Gasteiger partial charge on any atom is 0.221 e. The standard InChI is InChI=1S/C16H17N3O2S/c20-15(12-6-8-22-10-12)9-17-16(21)5-7-19-11-18-13-3-1-2-4-14(13)19/h1-4,6,8,10-11,15,20H,5,7,9H2,(H,17,21). The number of aliphatic hydroxyl groups is 1. The first-order chi connectivity index (χ1) is 10.7. The van der Waals surface area contributed by atoms with Crippen molar-refractivity contribution in [3.05, 3.63) is 53.0 Å². The van der Waals surface area contributed by atoms with Crippen LogP contribution >= 0.6 is 11.3 Å². The van der Waals surface area contributed by atoms with Crippen molar-refractivity contribution in [1.82, 2.24) is 14.9 Å². The lowest BCUT2D eigenvalue weighted by atomic mass is 10.2. The van der Waals surface area contributed by atoms with Crippen molar-refractivity contribution in [1.29, 1.82) is 0 Å². The van der Waals surface area contributed by atoms with E-state index in [0.717, 1.165) is 16.6 Å².